The minimum atomic E-state index is -0.0585. The van der Waals surface area contributed by atoms with Crippen molar-refractivity contribution >= 4 is 44.4 Å². The van der Waals surface area contributed by atoms with Crippen molar-refractivity contribution in [2.24, 2.45) is 0 Å². The summed E-state index contributed by atoms with van der Waals surface area (Å²) in [6, 6.07) is 11.4. The molecule has 0 saturated carbocycles. The van der Waals surface area contributed by atoms with Gasteiger partial charge < -0.3 is 14.4 Å². The van der Waals surface area contributed by atoms with E-state index in [-0.39, 0.29) is 5.91 Å². The Morgan fingerprint density at radius 1 is 1.00 bits per heavy atom. The number of methoxy groups -OCH3 is 2. The number of fused-ring (bicyclic) bond motifs is 1. The fraction of sp³-hybridized carbons (Fsp3) is 0.391. The molecule has 1 aromatic heterocycles. The largest absolute Gasteiger partial charge is 0.495 e. The molecule has 0 N–H and O–H groups in total. The Balaban J connectivity index is 2.03. The summed E-state index contributed by atoms with van der Waals surface area (Å²) < 4.78 is 11.9. The summed E-state index contributed by atoms with van der Waals surface area (Å²) >= 11 is 3.11. The predicted octanol–water partition coefficient (Wildman–Crippen LogP) is 5.02. The maximum atomic E-state index is 13.5. The molecule has 31 heavy (non-hydrogen) atoms. The van der Waals surface area contributed by atoms with E-state index in [0.717, 1.165) is 35.0 Å². The van der Waals surface area contributed by atoms with Gasteiger partial charge in [0.15, 0.2) is 5.13 Å². The molecule has 0 atom stereocenters. The minimum Gasteiger partial charge on any atom is -0.495 e. The number of likely N-dealkylation sites (N-methyl/N-ethyl adjacent to an activating group) is 1. The second-order valence-electron chi connectivity index (χ2n) is 6.86. The van der Waals surface area contributed by atoms with Crippen molar-refractivity contribution in [3.05, 3.63) is 42.0 Å². The summed E-state index contributed by atoms with van der Waals surface area (Å²) in [7, 11) is 3.26. The average molecular weight is 460 g/mol. The van der Waals surface area contributed by atoms with Crippen LogP contribution in [0.3, 0.4) is 0 Å². The lowest BCUT2D eigenvalue weighted by atomic mass is 10.2. The Morgan fingerprint density at radius 3 is 2.23 bits per heavy atom. The number of carbonyl (C=O) groups excluding carboxylic acids is 1. The second-order valence-corrected chi connectivity index (χ2v) is 8.71. The normalized spacial score (nSPS) is 11.2. The lowest BCUT2D eigenvalue weighted by Gasteiger charge is -2.24. The number of thioether (sulfide) groups is 1. The lowest BCUT2D eigenvalue weighted by Crippen LogP contribution is -2.38. The molecule has 8 heteroatoms. The topological polar surface area (TPSA) is 54.9 Å². The molecule has 0 fully saturated rings. The molecule has 166 valence electrons. The van der Waals surface area contributed by atoms with Gasteiger partial charge in [-0.05, 0) is 55.7 Å². The van der Waals surface area contributed by atoms with Crippen molar-refractivity contribution < 1.29 is 14.3 Å². The number of rotatable bonds is 10. The van der Waals surface area contributed by atoms with E-state index in [0.29, 0.717) is 28.5 Å². The van der Waals surface area contributed by atoms with Crippen LogP contribution in [-0.4, -0.2) is 62.4 Å². The summed E-state index contributed by atoms with van der Waals surface area (Å²) in [4.78, 5) is 23.5. The molecular formula is C23H29N3O3S2. The minimum absolute atomic E-state index is 0.0585. The first-order valence-electron chi connectivity index (χ1n) is 10.3. The van der Waals surface area contributed by atoms with Crippen LogP contribution in [0.5, 0.6) is 11.5 Å². The van der Waals surface area contributed by atoms with Crippen molar-refractivity contribution in [2.75, 3.05) is 51.6 Å². The van der Waals surface area contributed by atoms with E-state index in [1.165, 1.54) is 11.3 Å². The molecule has 1 heterocycles. The third-order valence-corrected chi connectivity index (χ3v) is 7.08. The Hall–Kier alpha value is -2.29. The summed E-state index contributed by atoms with van der Waals surface area (Å²) in [6.45, 7) is 7.44. The molecule has 0 bridgehead atoms. The van der Waals surface area contributed by atoms with Gasteiger partial charge in [-0.1, -0.05) is 25.2 Å². The standard InChI is InChI=1S/C23H29N3O3S2/c1-6-25(7-2)14-15-26(22(27)16-8-10-17(30-5)11-9-16)23-24-20-18(28-3)12-13-19(29-4)21(20)31-23/h8-13H,6-7,14-15H2,1-5H3. The van der Waals surface area contributed by atoms with Crippen molar-refractivity contribution in [2.45, 2.75) is 18.7 Å². The molecule has 6 nitrogen and oxygen atoms in total. The van der Waals surface area contributed by atoms with Gasteiger partial charge in [0.05, 0.1) is 14.2 Å². The van der Waals surface area contributed by atoms with Gasteiger partial charge in [0.2, 0.25) is 0 Å². The monoisotopic (exact) mass is 459 g/mol. The number of carbonyl (C=O) groups is 1. The van der Waals surface area contributed by atoms with E-state index in [1.807, 2.05) is 42.7 Å². The summed E-state index contributed by atoms with van der Waals surface area (Å²) in [5.74, 6) is 1.33. The van der Waals surface area contributed by atoms with Gasteiger partial charge in [0.25, 0.3) is 5.91 Å². The van der Waals surface area contributed by atoms with Crippen LogP contribution >= 0.6 is 23.1 Å². The molecule has 2 aromatic carbocycles. The maximum absolute atomic E-state index is 13.5. The molecular weight excluding hydrogens is 430 g/mol. The molecule has 0 aliphatic rings. The Labute approximate surface area is 192 Å². The fourth-order valence-corrected chi connectivity index (χ4v) is 4.85. The Bertz CT molecular complexity index is 976. The number of anilines is 1. The Morgan fingerprint density at radius 2 is 1.65 bits per heavy atom. The fourth-order valence-electron chi connectivity index (χ4n) is 3.34. The number of aromatic nitrogens is 1. The quantitative estimate of drug-likeness (QED) is 0.397. The zero-order chi connectivity index (χ0) is 22.4. The van der Waals surface area contributed by atoms with Gasteiger partial charge in [-0.2, -0.15) is 0 Å². The van der Waals surface area contributed by atoms with Crippen LogP contribution in [0, 0.1) is 0 Å². The van der Waals surface area contributed by atoms with E-state index in [9.17, 15) is 4.79 Å². The van der Waals surface area contributed by atoms with Crippen LogP contribution < -0.4 is 14.4 Å². The van der Waals surface area contributed by atoms with Crippen LogP contribution in [0.2, 0.25) is 0 Å². The molecule has 0 radical (unpaired) electrons. The van der Waals surface area contributed by atoms with Gasteiger partial charge in [-0.25, -0.2) is 4.98 Å². The Kier molecular flexibility index (Phi) is 8.17. The molecule has 3 rings (SSSR count). The van der Waals surface area contributed by atoms with Crippen LogP contribution in [0.15, 0.2) is 41.3 Å². The van der Waals surface area contributed by atoms with Gasteiger partial charge in [-0.3, -0.25) is 9.69 Å². The van der Waals surface area contributed by atoms with Crippen molar-refractivity contribution in [1.29, 1.82) is 0 Å². The van der Waals surface area contributed by atoms with E-state index >= 15 is 0 Å². The number of hydrogen-bond donors (Lipinski definition) is 0. The number of nitrogens with zero attached hydrogens (tertiary/aromatic N) is 3. The van der Waals surface area contributed by atoms with Crippen molar-refractivity contribution in [3.8, 4) is 11.5 Å². The third kappa shape index (κ3) is 5.14. The van der Waals surface area contributed by atoms with Crippen LogP contribution in [0.25, 0.3) is 10.2 Å². The zero-order valence-electron chi connectivity index (χ0n) is 18.7. The number of amides is 1. The summed E-state index contributed by atoms with van der Waals surface area (Å²) in [5, 5.41) is 0.642. The smallest absolute Gasteiger partial charge is 0.260 e. The highest BCUT2D eigenvalue weighted by Crippen LogP contribution is 2.40. The maximum Gasteiger partial charge on any atom is 0.260 e. The van der Waals surface area contributed by atoms with Gasteiger partial charge in [0, 0.05) is 23.5 Å². The predicted molar refractivity (Wildman–Crippen MR) is 130 cm³/mol. The molecule has 1 amide bonds. The van der Waals surface area contributed by atoms with Crippen molar-refractivity contribution in [3.63, 3.8) is 0 Å². The third-order valence-electron chi connectivity index (χ3n) is 5.25. The highest BCUT2D eigenvalue weighted by molar-refractivity contribution is 7.98. The van der Waals surface area contributed by atoms with Gasteiger partial charge in [-0.15, -0.1) is 11.8 Å². The number of hydrogen-bond acceptors (Lipinski definition) is 7. The number of thiazole rings is 1. The summed E-state index contributed by atoms with van der Waals surface area (Å²) in [6.07, 6.45) is 2.02. The molecule has 3 aromatic rings. The molecule has 0 aliphatic heterocycles. The van der Waals surface area contributed by atoms with E-state index in [4.69, 9.17) is 14.5 Å². The van der Waals surface area contributed by atoms with E-state index < -0.39 is 0 Å². The van der Waals surface area contributed by atoms with Crippen LogP contribution in [-0.2, 0) is 0 Å². The lowest BCUT2D eigenvalue weighted by molar-refractivity contribution is 0.0983. The first kappa shape index (κ1) is 23.4. The second kappa shape index (κ2) is 10.8. The molecule has 0 unspecified atom stereocenters. The van der Waals surface area contributed by atoms with Crippen molar-refractivity contribution in [1.82, 2.24) is 9.88 Å². The highest BCUT2D eigenvalue weighted by Gasteiger charge is 2.24. The van der Waals surface area contributed by atoms with Crippen LogP contribution in [0.1, 0.15) is 24.2 Å². The molecule has 0 spiro atoms. The summed E-state index contributed by atoms with van der Waals surface area (Å²) in [5.41, 5.74) is 1.36. The first-order valence-corrected chi connectivity index (χ1v) is 12.3. The van der Waals surface area contributed by atoms with Gasteiger partial charge in [0.1, 0.15) is 21.7 Å². The first-order chi connectivity index (χ1) is 15.1. The molecule has 0 saturated heterocycles. The number of ether oxygens (including phenoxy) is 2. The zero-order valence-corrected chi connectivity index (χ0v) is 20.3. The highest BCUT2D eigenvalue weighted by atomic mass is 32.2. The number of benzene rings is 2. The SMILES string of the molecule is CCN(CC)CCN(C(=O)c1ccc(SC)cc1)c1nc2c(OC)ccc(OC)c2s1. The molecule has 0 aliphatic carbocycles. The van der Waals surface area contributed by atoms with E-state index in [1.54, 1.807) is 30.9 Å². The average Bonchev–Trinajstić information content (AvgIpc) is 3.26. The van der Waals surface area contributed by atoms with Gasteiger partial charge >= 0.3 is 0 Å². The van der Waals surface area contributed by atoms with Crippen LogP contribution in [0.4, 0.5) is 5.13 Å². The van der Waals surface area contributed by atoms with E-state index in [2.05, 4.69) is 18.7 Å².